The number of aliphatic carboxylic acids is 2. The normalized spacial score (nSPS) is 37.7. The van der Waals surface area contributed by atoms with E-state index in [-0.39, 0.29) is 29.5 Å². The number of hydrogen-bond donors (Lipinski definition) is 4. The molecule has 10 heteroatoms. The lowest BCUT2D eigenvalue weighted by molar-refractivity contribution is -0.159. The van der Waals surface area contributed by atoms with Crippen LogP contribution in [0.5, 0.6) is 0 Å². The lowest BCUT2D eigenvalue weighted by atomic mass is 9.46. The fraction of sp³-hybridized carbons (Fsp3) is 0.750. The van der Waals surface area contributed by atoms with Gasteiger partial charge in [-0.05, 0) is 94.0 Å². The summed E-state index contributed by atoms with van der Waals surface area (Å²) in [5, 5.41) is 35.7. The maximum atomic E-state index is 12.4. The van der Waals surface area contributed by atoms with Gasteiger partial charge in [-0.1, -0.05) is 24.6 Å². The molecule has 210 valence electrons. The number of allylic oxidation sites excluding steroid dienone is 2. The fourth-order valence-electron chi connectivity index (χ4n) is 8.17. The molecule has 0 radical (unpaired) electrons. The van der Waals surface area contributed by atoms with Gasteiger partial charge in [-0.2, -0.15) is 0 Å². The highest BCUT2D eigenvalue weighted by Crippen LogP contribution is 2.67. The highest BCUT2D eigenvalue weighted by atomic mass is 16.6. The number of hydrogen-bond acceptors (Lipinski definition) is 7. The van der Waals surface area contributed by atoms with E-state index >= 15 is 0 Å². The van der Waals surface area contributed by atoms with Gasteiger partial charge in [0.15, 0.2) is 12.4 Å². The Bertz CT molecular complexity index is 1070. The third kappa shape index (κ3) is 4.87. The zero-order valence-corrected chi connectivity index (χ0v) is 22.5. The van der Waals surface area contributed by atoms with Gasteiger partial charge in [-0.3, -0.25) is 14.4 Å². The van der Waals surface area contributed by atoms with Crippen LogP contribution in [0.15, 0.2) is 16.8 Å². The number of amides is 1. The Morgan fingerprint density at radius 1 is 1.08 bits per heavy atom. The minimum atomic E-state index is -1.30. The van der Waals surface area contributed by atoms with E-state index in [0.29, 0.717) is 30.6 Å². The second-order valence-electron chi connectivity index (χ2n) is 12.2. The molecule has 0 aromatic heterocycles. The van der Waals surface area contributed by atoms with Crippen LogP contribution in [0, 0.1) is 28.6 Å². The monoisotopic (exact) mass is 532 g/mol. The van der Waals surface area contributed by atoms with E-state index in [0.717, 1.165) is 44.2 Å². The summed E-state index contributed by atoms with van der Waals surface area (Å²) < 4.78 is 0. The summed E-state index contributed by atoms with van der Waals surface area (Å²) in [6, 6.07) is -1.30. The molecule has 3 saturated carbocycles. The maximum absolute atomic E-state index is 12.4. The number of carbonyl (C=O) groups excluding carboxylic acids is 2. The first-order chi connectivity index (χ1) is 17.8. The second kappa shape index (κ2) is 10.4. The molecule has 0 spiro atoms. The molecule has 0 heterocycles. The van der Waals surface area contributed by atoms with E-state index < -0.39 is 36.1 Å². The molecule has 4 aliphatic carbocycles. The summed E-state index contributed by atoms with van der Waals surface area (Å²) in [6.45, 7) is 5.53. The lowest BCUT2D eigenvalue weighted by Crippen LogP contribution is -2.57. The van der Waals surface area contributed by atoms with Gasteiger partial charge in [0, 0.05) is 11.8 Å². The Hall–Kier alpha value is -2.75. The number of aliphatic hydroxyl groups is 1. The lowest BCUT2D eigenvalue weighted by Gasteiger charge is -2.59. The van der Waals surface area contributed by atoms with Crippen molar-refractivity contribution in [3.63, 3.8) is 0 Å². The molecule has 7 atom stereocenters. The summed E-state index contributed by atoms with van der Waals surface area (Å²) in [7, 11) is 0. The molecule has 0 aromatic carbocycles. The Morgan fingerprint density at radius 3 is 2.45 bits per heavy atom. The van der Waals surface area contributed by atoms with E-state index in [1.165, 1.54) is 12.5 Å². The first-order valence-corrected chi connectivity index (χ1v) is 13.7. The van der Waals surface area contributed by atoms with Crippen LogP contribution in [0.3, 0.4) is 0 Å². The average molecular weight is 533 g/mol. The molecule has 0 aliphatic heterocycles. The smallest absolute Gasteiger partial charge is 0.326 e. The van der Waals surface area contributed by atoms with E-state index in [1.807, 2.05) is 0 Å². The first-order valence-electron chi connectivity index (χ1n) is 13.7. The largest absolute Gasteiger partial charge is 0.481 e. The van der Waals surface area contributed by atoms with Crippen molar-refractivity contribution in [2.45, 2.75) is 96.6 Å². The molecule has 4 aliphatic rings. The molecule has 10 nitrogen and oxygen atoms in total. The van der Waals surface area contributed by atoms with Gasteiger partial charge in [0.1, 0.15) is 11.6 Å². The molecule has 4 N–H and O–H groups in total. The minimum Gasteiger partial charge on any atom is -0.481 e. The second-order valence-corrected chi connectivity index (χ2v) is 12.2. The van der Waals surface area contributed by atoms with Crippen molar-refractivity contribution in [3.8, 4) is 0 Å². The van der Waals surface area contributed by atoms with Gasteiger partial charge in [-0.15, -0.1) is 0 Å². The Balaban J connectivity index is 1.38. The summed E-state index contributed by atoms with van der Waals surface area (Å²) in [6.07, 6.45) is 8.32. The van der Waals surface area contributed by atoms with E-state index in [9.17, 15) is 29.4 Å². The summed E-state index contributed by atoms with van der Waals surface area (Å²) >= 11 is 0. The molecule has 0 aromatic rings. The van der Waals surface area contributed by atoms with Crippen molar-refractivity contribution in [1.29, 1.82) is 0 Å². The van der Waals surface area contributed by atoms with Gasteiger partial charge >= 0.3 is 11.9 Å². The first kappa shape index (κ1) is 28.3. The molecule has 4 rings (SSSR count). The van der Waals surface area contributed by atoms with Crippen LogP contribution in [0.2, 0.25) is 0 Å². The maximum Gasteiger partial charge on any atom is 0.326 e. The quantitative estimate of drug-likeness (QED) is 0.329. The van der Waals surface area contributed by atoms with Crippen molar-refractivity contribution in [1.82, 2.24) is 5.32 Å². The van der Waals surface area contributed by atoms with E-state index in [1.54, 1.807) is 0 Å². The van der Waals surface area contributed by atoms with Gasteiger partial charge in [0.25, 0.3) is 5.91 Å². The van der Waals surface area contributed by atoms with E-state index in [4.69, 9.17) is 9.94 Å². The van der Waals surface area contributed by atoms with Crippen molar-refractivity contribution in [2.24, 2.45) is 33.7 Å². The number of carboxylic acids is 2. The Kier molecular flexibility index (Phi) is 7.76. The number of fused-ring (bicyclic) bond motifs is 5. The number of nitrogens with one attached hydrogen (secondary N) is 1. The summed E-state index contributed by atoms with van der Waals surface area (Å²) in [4.78, 5) is 51.7. The van der Waals surface area contributed by atoms with E-state index in [2.05, 4.69) is 30.4 Å². The Labute approximate surface area is 222 Å². The minimum absolute atomic E-state index is 0.0242. The van der Waals surface area contributed by atoms with Crippen LogP contribution in [-0.4, -0.2) is 62.9 Å². The molecule has 7 unspecified atom stereocenters. The van der Waals surface area contributed by atoms with Crippen molar-refractivity contribution in [3.05, 3.63) is 11.6 Å². The number of Topliss-reactive ketones (excluding diaryl/α,β-unsaturated/α-hetero) is 1. The number of ketones is 1. The van der Waals surface area contributed by atoms with Crippen LogP contribution in [0.4, 0.5) is 0 Å². The van der Waals surface area contributed by atoms with Crippen molar-refractivity contribution >= 4 is 29.3 Å². The number of rotatable bonds is 9. The zero-order chi connectivity index (χ0) is 27.9. The highest BCUT2D eigenvalue weighted by molar-refractivity contribution is 5.96. The molecule has 1 amide bonds. The van der Waals surface area contributed by atoms with Gasteiger partial charge in [0.2, 0.25) is 0 Å². The summed E-state index contributed by atoms with van der Waals surface area (Å²) in [5.41, 5.74) is 0.532. The third-order valence-electron chi connectivity index (χ3n) is 10.4. The third-order valence-corrected chi connectivity index (χ3v) is 10.4. The molecule has 38 heavy (non-hydrogen) atoms. The molecule has 0 saturated heterocycles. The molecular formula is C28H40N2O8. The summed E-state index contributed by atoms with van der Waals surface area (Å²) in [5.74, 6) is -1.90. The van der Waals surface area contributed by atoms with Crippen LogP contribution < -0.4 is 5.32 Å². The zero-order valence-electron chi connectivity index (χ0n) is 22.5. The van der Waals surface area contributed by atoms with Gasteiger partial charge in [0.05, 0.1) is 5.71 Å². The van der Waals surface area contributed by atoms with Crippen LogP contribution >= 0.6 is 0 Å². The molecule has 3 fully saturated rings. The standard InChI is InChI=1S/C28H40N2O8/c1-16(31)28(37)13-10-21-19-5-4-17-14-18(8-11-26(17,2)20(19)9-12-27(21,28)3)30-38-15-23(32)29-22(25(35)36)6-7-24(33)34/h14,19-22,37H,4-13,15H2,1-3H3,(H,29,32)(H,33,34)(H,35,36). The Morgan fingerprint density at radius 2 is 1.79 bits per heavy atom. The number of oxime groups is 1. The van der Waals surface area contributed by atoms with Crippen molar-refractivity contribution in [2.75, 3.05) is 6.61 Å². The highest BCUT2D eigenvalue weighted by Gasteiger charge is 2.65. The van der Waals surface area contributed by atoms with Crippen LogP contribution in [0.1, 0.15) is 85.0 Å². The number of carboxylic acid groups (broad SMARTS) is 2. The van der Waals surface area contributed by atoms with Gasteiger partial charge in [-0.25, -0.2) is 4.79 Å². The molecular weight excluding hydrogens is 492 g/mol. The van der Waals surface area contributed by atoms with Crippen molar-refractivity contribution < 1.29 is 39.3 Å². The average Bonchev–Trinajstić information content (AvgIpc) is 3.13. The van der Waals surface area contributed by atoms with Gasteiger partial charge < -0.3 is 25.5 Å². The number of carbonyl (C=O) groups is 4. The molecule has 0 bridgehead atoms. The SMILES string of the molecule is CC(=O)C1(O)CCC2C3CCC4=CC(=NOCC(=O)NC(CCC(=O)O)C(=O)O)CCC4(C)C3CCC21C. The predicted octanol–water partition coefficient (Wildman–Crippen LogP) is 3.08. The topological polar surface area (TPSA) is 163 Å². The van der Waals surface area contributed by atoms with Crippen LogP contribution in [-0.2, 0) is 24.0 Å². The fourth-order valence-corrected chi connectivity index (χ4v) is 8.17. The van der Waals surface area contributed by atoms with Crippen LogP contribution in [0.25, 0.3) is 0 Å². The number of nitrogens with zero attached hydrogens (tertiary/aromatic N) is 1. The predicted molar refractivity (Wildman–Crippen MR) is 137 cm³/mol.